The molecule has 0 atom stereocenters. The predicted octanol–water partition coefficient (Wildman–Crippen LogP) is 2.35. The Bertz CT molecular complexity index is 992. The molecule has 144 valence electrons. The molecule has 2 heterocycles. The number of carboxylic acid groups (broad SMARTS) is 2. The highest BCUT2D eigenvalue weighted by molar-refractivity contribution is 6.22. The Morgan fingerprint density at radius 2 is 1.43 bits per heavy atom. The van der Waals surface area contributed by atoms with Crippen molar-refractivity contribution in [3.05, 3.63) is 53.1 Å². The van der Waals surface area contributed by atoms with Crippen molar-refractivity contribution >= 4 is 17.5 Å². The lowest BCUT2D eigenvalue weighted by atomic mass is 9.94. The van der Waals surface area contributed by atoms with E-state index in [1.807, 2.05) is 0 Å². The van der Waals surface area contributed by atoms with Gasteiger partial charge in [0.05, 0.1) is 11.1 Å². The van der Waals surface area contributed by atoms with E-state index in [0.717, 1.165) is 0 Å². The van der Waals surface area contributed by atoms with Crippen LogP contribution in [0.15, 0.2) is 42.0 Å². The molecular formula is C20H16O8. The van der Waals surface area contributed by atoms with Gasteiger partial charge in [-0.25, -0.2) is 9.59 Å². The van der Waals surface area contributed by atoms with Gasteiger partial charge in [-0.05, 0) is 35.4 Å². The van der Waals surface area contributed by atoms with E-state index in [1.54, 1.807) is 24.3 Å². The maximum Gasteiger partial charge on any atom is 0.336 e. The van der Waals surface area contributed by atoms with Crippen LogP contribution in [0, 0.1) is 0 Å². The fourth-order valence-electron chi connectivity index (χ4n) is 3.15. The Morgan fingerprint density at radius 1 is 0.786 bits per heavy atom. The topological polar surface area (TPSA) is 112 Å². The number of rotatable bonds is 5. The Balaban J connectivity index is 1.76. The smallest absolute Gasteiger partial charge is 0.336 e. The predicted molar refractivity (Wildman–Crippen MR) is 95.9 cm³/mol. The summed E-state index contributed by atoms with van der Waals surface area (Å²) in [7, 11) is 0. The maximum atomic E-state index is 12.0. The monoisotopic (exact) mass is 384 g/mol. The number of hydrogen-bond donors (Lipinski definition) is 2. The third-order valence-corrected chi connectivity index (χ3v) is 4.42. The van der Waals surface area contributed by atoms with E-state index in [-0.39, 0.29) is 29.9 Å². The van der Waals surface area contributed by atoms with Crippen LogP contribution in [0.25, 0.3) is 5.57 Å². The van der Waals surface area contributed by atoms with Crippen molar-refractivity contribution in [2.24, 2.45) is 0 Å². The number of hydrogen-bond acceptors (Lipinski definition) is 6. The average Bonchev–Trinajstić information content (AvgIpc) is 3.15. The van der Waals surface area contributed by atoms with Crippen molar-refractivity contribution in [1.82, 2.24) is 0 Å². The van der Waals surface area contributed by atoms with Gasteiger partial charge in [-0.15, -0.1) is 0 Å². The SMILES string of the molecule is O=C(O)/C(Cc1ccc2c(c1)OCO2)=C(\C(=O)O)c1ccc2c(c1)OCCO2. The Hall–Kier alpha value is -3.68. The summed E-state index contributed by atoms with van der Waals surface area (Å²) in [5.74, 6) is -0.712. The first-order chi connectivity index (χ1) is 13.5. The van der Waals surface area contributed by atoms with Crippen LogP contribution < -0.4 is 18.9 Å². The minimum absolute atomic E-state index is 0.0952. The van der Waals surface area contributed by atoms with E-state index in [9.17, 15) is 19.8 Å². The molecule has 2 aliphatic heterocycles. The molecule has 2 aromatic rings. The van der Waals surface area contributed by atoms with Crippen LogP contribution in [0.4, 0.5) is 0 Å². The first kappa shape index (κ1) is 17.7. The molecule has 0 unspecified atom stereocenters. The van der Waals surface area contributed by atoms with Crippen LogP contribution in [-0.4, -0.2) is 42.2 Å². The fourth-order valence-corrected chi connectivity index (χ4v) is 3.15. The third kappa shape index (κ3) is 3.32. The van der Waals surface area contributed by atoms with E-state index >= 15 is 0 Å². The number of benzene rings is 2. The summed E-state index contributed by atoms with van der Waals surface area (Å²) in [6.45, 7) is 0.835. The molecule has 8 heteroatoms. The van der Waals surface area contributed by atoms with Crippen molar-refractivity contribution < 1.29 is 38.7 Å². The molecule has 0 amide bonds. The van der Waals surface area contributed by atoms with E-state index in [1.165, 1.54) is 12.1 Å². The summed E-state index contributed by atoms with van der Waals surface area (Å²) >= 11 is 0. The molecule has 0 spiro atoms. The quantitative estimate of drug-likeness (QED) is 0.756. The summed E-state index contributed by atoms with van der Waals surface area (Å²) < 4.78 is 21.5. The second-order valence-electron chi connectivity index (χ2n) is 6.19. The van der Waals surface area contributed by atoms with Crippen LogP contribution >= 0.6 is 0 Å². The minimum atomic E-state index is -1.34. The maximum absolute atomic E-state index is 12.0. The molecule has 0 bridgehead atoms. The normalized spacial score (nSPS) is 15.0. The number of fused-ring (bicyclic) bond motifs is 2. The van der Waals surface area contributed by atoms with Gasteiger partial charge in [0.25, 0.3) is 0 Å². The molecule has 0 saturated carbocycles. The van der Waals surface area contributed by atoms with Crippen molar-refractivity contribution in [3.63, 3.8) is 0 Å². The van der Waals surface area contributed by atoms with Gasteiger partial charge >= 0.3 is 11.9 Å². The number of ether oxygens (including phenoxy) is 4. The highest BCUT2D eigenvalue weighted by atomic mass is 16.7. The molecule has 8 nitrogen and oxygen atoms in total. The number of aliphatic carboxylic acids is 2. The van der Waals surface area contributed by atoms with Gasteiger partial charge < -0.3 is 29.2 Å². The third-order valence-electron chi connectivity index (χ3n) is 4.42. The summed E-state index contributed by atoms with van der Waals surface area (Å²) in [5, 5.41) is 19.5. The Morgan fingerprint density at radius 3 is 2.18 bits per heavy atom. The van der Waals surface area contributed by atoms with E-state index in [0.29, 0.717) is 41.8 Å². The lowest BCUT2D eigenvalue weighted by Crippen LogP contribution is -2.16. The standard InChI is InChI=1S/C20H16O8/c21-19(22)13(7-11-1-3-15-16(8-11)28-10-27-15)18(20(23)24)12-2-4-14-17(9-12)26-6-5-25-14/h1-4,8-9H,5-7,10H2,(H,21,22)(H,23,24)/b18-13-. The summed E-state index contributed by atoms with van der Waals surface area (Å²) in [6, 6.07) is 9.57. The van der Waals surface area contributed by atoms with E-state index in [4.69, 9.17) is 18.9 Å². The molecule has 2 aliphatic rings. The fraction of sp³-hybridized carbons (Fsp3) is 0.200. The van der Waals surface area contributed by atoms with Crippen molar-refractivity contribution in [3.8, 4) is 23.0 Å². The molecule has 2 N–H and O–H groups in total. The van der Waals surface area contributed by atoms with Crippen LogP contribution in [0.1, 0.15) is 11.1 Å². The van der Waals surface area contributed by atoms with Gasteiger partial charge in [-0.2, -0.15) is 0 Å². The van der Waals surface area contributed by atoms with Crippen LogP contribution in [0.5, 0.6) is 23.0 Å². The molecule has 0 saturated heterocycles. The minimum Gasteiger partial charge on any atom is -0.486 e. The zero-order valence-corrected chi connectivity index (χ0v) is 14.6. The van der Waals surface area contributed by atoms with Gasteiger partial charge in [0.2, 0.25) is 6.79 Å². The van der Waals surface area contributed by atoms with Crippen LogP contribution in [-0.2, 0) is 16.0 Å². The lowest BCUT2D eigenvalue weighted by Gasteiger charge is -2.19. The molecule has 2 aromatic carbocycles. The Labute approximate surface area is 159 Å². The number of carbonyl (C=O) groups is 2. The van der Waals surface area contributed by atoms with E-state index in [2.05, 4.69) is 0 Å². The van der Waals surface area contributed by atoms with Gasteiger partial charge in [0, 0.05) is 6.42 Å². The first-order valence-corrected chi connectivity index (χ1v) is 8.51. The van der Waals surface area contributed by atoms with Gasteiger partial charge in [0.1, 0.15) is 13.2 Å². The van der Waals surface area contributed by atoms with Gasteiger partial charge in [0.15, 0.2) is 23.0 Å². The zero-order chi connectivity index (χ0) is 19.7. The second kappa shape index (κ2) is 7.15. The van der Waals surface area contributed by atoms with Crippen LogP contribution in [0.3, 0.4) is 0 Å². The summed E-state index contributed by atoms with van der Waals surface area (Å²) in [6.07, 6.45) is -0.0952. The van der Waals surface area contributed by atoms with Gasteiger partial charge in [-0.1, -0.05) is 12.1 Å². The highest BCUT2D eigenvalue weighted by Crippen LogP contribution is 2.36. The molecule has 0 aromatic heterocycles. The van der Waals surface area contributed by atoms with Crippen molar-refractivity contribution in [1.29, 1.82) is 0 Å². The summed E-state index contributed by atoms with van der Waals surface area (Å²) in [5.41, 5.74) is 0.276. The largest absolute Gasteiger partial charge is 0.486 e. The number of carboxylic acids is 2. The van der Waals surface area contributed by atoms with Crippen LogP contribution in [0.2, 0.25) is 0 Å². The Kier molecular flexibility index (Phi) is 4.52. The second-order valence-corrected chi connectivity index (χ2v) is 6.19. The molecular weight excluding hydrogens is 368 g/mol. The average molecular weight is 384 g/mol. The zero-order valence-electron chi connectivity index (χ0n) is 14.6. The molecule has 0 aliphatic carbocycles. The van der Waals surface area contributed by atoms with Gasteiger partial charge in [-0.3, -0.25) is 0 Å². The summed E-state index contributed by atoms with van der Waals surface area (Å²) in [4.78, 5) is 23.9. The molecule has 0 fully saturated rings. The highest BCUT2D eigenvalue weighted by Gasteiger charge is 2.25. The first-order valence-electron chi connectivity index (χ1n) is 8.51. The van der Waals surface area contributed by atoms with E-state index < -0.39 is 11.9 Å². The lowest BCUT2D eigenvalue weighted by molar-refractivity contribution is -0.134. The van der Waals surface area contributed by atoms with Crippen molar-refractivity contribution in [2.75, 3.05) is 20.0 Å². The molecule has 4 rings (SSSR count). The van der Waals surface area contributed by atoms with Crippen molar-refractivity contribution in [2.45, 2.75) is 6.42 Å². The molecule has 28 heavy (non-hydrogen) atoms. The molecule has 0 radical (unpaired) electrons.